The largest absolute Gasteiger partial charge is 0.352 e. The maximum Gasteiger partial charge on any atom is 0.224 e. The van der Waals surface area contributed by atoms with E-state index in [0.29, 0.717) is 18.9 Å². The van der Waals surface area contributed by atoms with E-state index in [1.807, 2.05) is 18.5 Å². The van der Waals surface area contributed by atoms with Crippen LogP contribution in [0.1, 0.15) is 36.4 Å². The highest BCUT2D eigenvalue weighted by Gasteiger charge is 2.15. The van der Waals surface area contributed by atoms with Gasteiger partial charge >= 0.3 is 0 Å². The van der Waals surface area contributed by atoms with E-state index >= 15 is 0 Å². The first-order valence-corrected chi connectivity index (χ1v) is 7.91. The monoisotopic (exact) mass is 317 g/mol. The Balaban J connectivity index is 1.97. The summed E-state index contributed by atoms with van der Waals surface area (Å²) in [7, 11) is 0. The van der Waals surface area contributed by atoms with Crippen LogP contribution < -0.4 is 5.32 Å². The van der Waals surface area contributed by atoms with E-state index in [4.69, 9.17) is 0 Å². The van der Waals surface area contributed by atoms with Gasteiger partial charge < -0.3 is 5.32 Å². The van der Waals surface area contributed by atoms with Crippen molar-refractivity contribution in [2.45, 2.75) is 47.2 Å². The Bertz CT molecular complexity index is 674. The van der Waals surface area contributed by atoms with Crippen LogP contribution in [0.5, 0.6) is 0 Å². The molecule has 0 aliphatic rings. The van der Waals surface area contributed by atoms with Crippen LogP contribution in [0.4, 0.5) is 4.39 Å². The highest BCUT2D eigenvalue weighted by molar-refractivity contribution is 5.79. The number of carbonyl (C=O) groups excluding carboxylic acids is 1. The number of nitrogens with one attached hydrogen (secondary N) is 1. The summed E-state index contributed by atoms with van der Waals surface area (Å²) in [6.45, 7) is 9.48. The minimum atomic E-state index is -0.274. The lowest BCUT2D eigenvalue weighted by Gasteiger charge is -2.08. The Kier molecular flexibility index (Phi) is 5.53. The average Bonchev–Trinajstić information content (AvgIpc) is 2.73. The summed E-state index contributed by atoms with van der Waals surface area (Å²) in [6, 6.07) is 6.14. The maximum absolute atomic E-state index is 12.9. The number of benzene rings is 1. The molecule has 0 spiro atoms. The SMILES string of the molecule is Cc1nn(CC(C)C)c(C)c1CC(=O)NCc1ccc(F)cc1. The third-order valence-corrected chi connectivity index (χ3v) is 3.81. The Morgan fingerprint density at radius 2 is 1.91 bits per heavy atom. The van der Waals surface area contributed by atoms with Crippen molar-refractivity contribution in [1.82, 2.24) is 15.1 Å². The Hall–Kier alpha value is -2.17. The van der Waals surface area contributed by atoms with Crippen LogP contribution in [0.2, 0.25) is 0 Å². The first-order valence-electron chi connectivity index (χ1n) is 7.91. The average molecular weight is 317 g/mol. The topological polar surface area (TPSA) is 46.9 Å². The van der Waals surface area contributed by atoms with Crippen molar-refractivity contribution in [1.29, 1.82) is 0 Å². The van der Waals surface area contributed by atoms with E-state index in [-0.39, 0.29) is 11.7 Å². The minimum Gasteiger partial charge on any atom is -0.352 e. The lowest BCUT2D eigenvalue weighted by atomic mass is 10.1. The lowest BCUT2D eigenvalue weighted by Crippen LogP contribution is -2.25. The second-order valence-corrected chi connectivity index (χ2v) is 6.31. The molecular formula is C18H24FN3O. The summed E-state index contributed by atoms with van der Waals surface area (Å²) in [5.41, 5.74) is 3.82. The van der Waals surface area contributed by atoms with E-state index < -0.39 is 0 Å². The van der Waals surface area contributed by atoms with Crippen molar-refractivity contribution in [3.8, 4) is 0 Å². The highest BCUT2D eigenvalue weighted by atomic mass is 19.1. The third-order valence-electron chi connectivity index (χ3n) is 3.81. The molecule has 1 heterocycles. The molecule has 1 aromatic carbocycles. The molecule has 1 amide bonds. The number of amides is 1. The molecule has 2 rings (SSSR count). The standard InChI is InChI=1S/C18H24FN3O/c1-12(2)11-22-14(4)17(13(3)21-22)9-18(23)20-10-15-5-7-16(19)8-6-15/h5-8,12H,9-11H2,1-4H3,(H,20,23). The van der Waals surface area contributed by atoms with E-state index in [1.165, 1.54) is 12.1 Å². The molecule has 0 atom stereocenters. The predicted octanol–water partition coefficient (Wildman–Crippen LogP) is 3.15. The summed E-state index contributed by atoms with van der Waals surface area (Å²) < 4.78 is 14.8. The second-order valence-electron chi connectivity index (χ2n) is 6.31. The van der Waals surface area contributed by atoms with Crippen LogP contribution in [0.3, 0.4) is 0 Å². The molecule has 4 nitrogen and oxygen atoms in total. The zero-order chi connectivity index (χ0) is 17.0. The molecular weight excluding hydrogens is 293 g/mol. The van der Waals surface area contributed by atoms with Gasteiger partial charge in [-0.1, -0.05) is 26.0 Å². The molecule has 124 valence electrons. The Morgan fingerprint density at radius 1 is 1.26 bits per heavy atom. The molecule has 1 N–H and O–H groups in total. The highest BCUT2D eigenvalue weighted by Crippen LogP contribution is 2.15. The van der Waals surface area contributed by atoms with Gasteiger partial charge in [-0.3, -0.25) is 9.48 Å². The van der Waals surface area contributed by atoms with Crippen LogP contribution in [0.15, 0.2) is 24.3 Å². The van der Waals surface area contributed by atoms with Gasteiger partial charge in [-0.2, -0.15) is 5.10 Å². The second kappa shape index (κ2) is 7.40. The van der Waals surface area contributed by atoms with Gasteiger partial charge in [0.05, 0.1) is 12.1 Å². The number of halogens is 1. The third kappa shape index (κ3) is 4.65. The van der Waals surface area contributed by atoms with E-state index in [9.17, 15) is 9.18 Å². The number of rotatable bonds is 6. The first kappa shape index (κ1) is 17.2. The minimum absolute atomic E-state index is 0.0513. The van der Waals surface area contributed by atoms with Crippen molar-refractivity contribution in [2.75, 3.05) is 0 Å². The van der Waals surface area contributed by atoms with Gasteiger partial charge in [-0.05, 0) is 37.5 Å². The quantitative estimate of drug-likeness (QED) is 0.889. The summed E-state index contributed by atoms with van der Waals surface area (Å²) in [5.74, 6) is 0.182. The van der Waals surface area contributed by atoms with Gasteiger partial charge in [0.15, 0.2) is 0 Å². The van der Waals surface area contributed by atoms with E-state index in [1.54, 1.807) is 12.1 Å². The molecule has 5 heteroatoms. The number of aryl methyl sites for hydroxylation is 1. The normalized spacial score (nSPS) is 11.0. The van der Waals surface area contributed by atoms with Crippen molar-refractivity contribution in [2.24, 2.45) is 5.92 Å². The molecule has 0 aliphatic heterocycles. The molecule has 0 fully saturated rings. The number of hydrogen-bond donors (Lipinski definition) is 1. The molecule has 0 unspecified atom stereocenters. The zero-order valence-corrected chi connectivity index (χ0v) is 14.2. The lowest BCUT2D eigenvalue weighted by molar-refractivity contribution is -0.120. The zero-order valence-electron chi connectivity index (χ0n) is 14.2. The summed E-state index contributed by atoms with van der Waals surface area (Å²) in [4.78, 5) is 12.2. The van der Waals surface area contributed by atoms with Gasteiger partial charge in [0.25, 0.3) is 0 Å². The fourth-order valence-electron chi connectivity index (χ4n) is 2.54. The van der Waals surface area contributed by atoms with Gasteiger partial charge in [0.1, 0.15) is 5.82 Å². The molecule has 0 saturated heterocycles. The number of hydrogen-bond acceptors (Lipinski definition) is 2. The summed E-state index contributed by atoms with van der Waals surface area (Å²) in [6.07, 6.45) is 0.316. The number of carbonyl (C=O) groups is 1. The molecule has 0 bridgehead atoms. The summed E-state index contributed by atoms with van der Waals surface area (Å²) in [5, 5.41) is 7.40. The first-order chi connectivity index (χ1) is 10.9. The Morgan fingerprint density at radius 3 is 2.52 bits per heavy atom. The smallest absolute Gasteiger partial charge is 0.224 e. The Labute approximate surface area is 136 Å². The summed E-state index contributed by atoms with van der Waals surface area (Å²) >= 11 is 0. The predicted molar refractivity (Wildman–Crippen MR) is 88.5 cm³/mol. The van der Waals surface area contributed by atoms with Crippen molar-refractivity contribution in [3.05, 3.63) is 52.6 Å². The maximum atomic E-state index is 12.9. The van der Waals surface area contributed by atoms with Gasteiger partial charge in [-0.15, -0.1) is 0 Å². The van der Waals surface area contributed by atoms with Gasteiger partial charge in [0, 0.05) is 24.3 Å². The van der Waals surface area contributed by atoms with Crippen LogP contribution in [-0.4, -0.2) is 15.7 Å². The van der Waals surface area contributed by atoms with E-state index in [0.717, 1.165) is 29.1 Å². The fraction of sp³-hybridized carbons (Fsp3) is 0.444. The van der Waals surface area contributed by atoms with Crippen molar-refractivity contribution in [3.63, 3.8) is 0 Å². The van der Waals surface area contributed by atoms with Crippen molar-refractivity contribution >= 4 is 5.91 Å². The van der Waals surface area contributed by atoms with Gasteiger partial charge in [0.2, 0.25) is 5.91 Å². The molecule has 0 saturated carbocycles. The van der Waals surface area contributed by atoms with Crippen LogP contribution in [0, 0.1) is 25.6 Å². The molecule has 0 aliphatic carbocycles. The van der Waals surface area contributed by atoms with Crippen molar-refractivity contribution < 1.29 is 9.18 Å². The molecule has 0 radical (unpaired) electrons. The van der Waals surface area contributed by atoms with Crippen LogP contribution in [-0.2, 0) is 24.3 Å². The number of nitrogens with zero attached hydrogens (tertiary/aromatic N) is 2. The molecule has 1 aromatic heterocycles. The number of aromatic nitrogens is 2. The van der Waals surface area contributed by atoms with E-state index in [2.05, 4.69) is 24.3 Å². The van der Waals surface area contributed by atoms with Crippen LogP contribution >= 0.6 is 0 Å². The van der Waals surface area contributed by atoms with Gasteiger partial charge in [-0.25, -0.2) is 4.39 Å². The van der Waals surface area contributed by atoms with Crippen LogP contribution in [0.25, 0.3) is 0 Å². The fourth-order valence-corrected chi connectivity index (χ4v) is 2.54. The molecule has 23 heavy (non-hydrogen) atoms. The molecule has 2 aromatic rings.